The topological polar surface area (TPSA) is 94.7 Å². The highest BCUT2D eigenvalue weighted by Gasteiger charge is 2.39. The highest BCUT2D eigenvalue weighted by molar-refractivity contribution is 7.85. The lowest BCUT2D eigenvalue weighted by Gasteiger charge is -2.30. The van der Waals surface area contributed by atoms with Crippen molar-refractivity contribution in [1.82, 2.24) is 14.9 Å². The molecule has 0 radical (unpaired) electrons. The molecule has 37 heavy (non-hydrogen) atoms. The number of aromatic nitrogens is 2. The number of imidazole rings is 1. The first-order valence-electron chi connectivity index (χ1n) is 13.1. The van der Waals surface area contributed by atoms with Crippen LogP contribution in [0.4, 0.5) is 8.78 Å². The average molecular weight is 542 g/mol. The molecule has 0 bridgehead atoms. The van der Waals surface area contributed by atoms with Gasteiger partial charge in [0.25, 0.3) is 5.91 Å². The summed E-state index contributed by atoms with van der Waals surface area (Å²) in [4.78, 5) is 17.4. The summed E-state index contributed by atoms with van der Waals surface area (Å²) in [7, 11) is -3.80. The Morgan fingerprint density at radius 2 is 1.95 bits per heavy atom. The predicted octanol–water partition coefficient (Wildman–Crippen LogP) is 2.66. The van der Waals surface area contributed by atoms with E-state index in [1.54, 1.807) is 18.2 Å². The molecule has 1 amide bonds. The van der Waals surface area contributed by atoms with Crippen LogP contribution in [0.3, 0.4) is 0 Å². The summed E-state index contributed by atoms with van der Waals surface area (Å²) in [5, 5.41) is 2.78. The van der Waals surface area contributed by atoms with E-state index in [0.29, 0.717) is 24.9 Å². The summed E-state index contributed by atoms with van der Waals surface area (Å²) in [6.07, 6.45) is -0.130. The molecule has 2 fully saturated rings. The molecule has 1 aliphatic heterocycles. The smallest absolute Gasteiger partial charge is 0.325 e. The van der Waals surface area contributed by atoms with Crippen LogP contribution in [0, 0.1) is 5.92 Å². The largest absolute Gasteiger partial charge is 0.356 e. The van der Waals surface area contributed by atoms with Crippen molar-refractivity contribution >= 4 is 27.0 Å². The molecule has 2 N–H and O–H groups in total. The summed E-state index contributed by atoms with van der Waals surface area (Å²) < 4.78 is 62.4. The monoisotopic (exact) mass is 541 g/mol. The molecule has 2 heterocycles. The van der Waals surface area contributed by atoms with Gasteiger partial charge in [0, 0.05) is 30.8 Å². The number of sulfonamides is 1. The van der Waals surface area contributed by atoms with Crippen molar-refractivity contribution in [3.8, 4) is 0 Å². The van der Waals surface area contributed by atoms with E-state index >= 15 is 0 Å². The summed E-state index contributed by atoms with van der Waals surface area (Å²) in [5.41, 5.74) is 1.05. The Hall–Kier alpha value is -2.11. The number of hydrogen-bond donors (Lipinski definition) is 2. The third-order valence-corrected chi connectivity index (χ3v) is 9.20. The van der Waals surface area contributed by atoms with E-state index < -0.39 is 22.0 Å². The van der Waals surface area contributed by atoms with Crippen LogP contribution in [0.1, 0.15) is 66.1 Å². The van der Waals surface area contributed by atoms with Crippen LogP contribution < -0.4 is 9.62 Å². The summed E-state index contributed by atoms with van der Waals surface area (Å²) in [6.45, 7) is 10.8. The maximum Gasteiger partial charge on any atom is 0.325 e. The normalized spacial score (nSPS) is 23.5. The lowest BCUT2D eigenvalue weighted by atomic mass is 9.86. The number of carbonyl (C=O) groups is 1. The summed E-state index contributed by atoms with van der Waals surface area (Å²) >= 11 is 0. The van der Waals surface area contributed by atoms with Crippen molar-refractivity contribution in [1.29, 1.82) is 0 Å². The number of morpholine rings is 1. The zero-order chi connectivity index (χ0) is 27.2. The predicted molar refractivity (Wildman–Crippen MR) is 136 cm³/mol. The van der Waals surface area contributed by atoms with Gasteiger partial charge in [0.2, 0.25) is 5.92 Å². The van der Waals surface area contributed by atoms with Crippen molar-refractivity contribution < 1.29 is 31.0 Å². The first kappa shape index (κ1) is 27.9. The van der Waals surface area contributed by atoms with Gasteiger partial charge >= 0.3 is 10.0 Å². The zero-order valence-electron chi connectivity index (χ0n) is 22.3. The SMILES string of the molecule is CC(C)NC(=O)[C@@H]1C[NH+](S(=O)(=O)c2ccc3c(c2)nc(C(C)(C)C)n3CC2CCC(F)(F)CC2)CCO1. The van der Waals surface area contributed by atoms with Crippen molar-refractivity contribution in [3.05, 3.63) is 24.0 Å². The summed E-state index contributed by atoms with van der Waals surface area (Å²) in [6, 6.07) is 4.88. The fourth-order valence-electron chi connectivity index (χ4n) is 5.21. The third-order valence-electron chi connectivity index (χ3n) is 7.19. The maximum atomic E-state index is 13.7. The number of ether oxygens (including phenoxy) is 1. The van der Waals surface area contributed by atoms with Gasteiger partial charge in [-0.25, -0.2) is 18.1 Å². The molecule has 1 aliphatic carbocycles. The van der Waals surface area contributed by atoms with E-state index in [9.17, 15) is 22.0 Å². The maximum absolute atomic E-state index is 13.7. The Labute approximate surface area is 217 Å². The number of amides is 1. The second-order valence-electron chi connectivity index (χ2n) is 11.8. The number of nitrogens with one attached hydrogen (secondary N) is 2. The van der Waals surface area contributed by atoms with E-state index in [1.165, 1.54) is 0 Å². The number of alkyl halides is 2. The van der Waals surface area contributed by atoms with Crippen molar-refractivity contribution in [2.24, 2.45) is 5.92 Å². The third kappa shape index (κ3) is 6.15. The second-order valence-corrected chi connectivity index (χ2v) is 13.8. The summed E-state index contributed by atoms with van der Waals surface area (Å²) in [5.74, 6) is -1.97. The number of benzene rings is 1. The van der Waals surface area contributed by atoms with Crippen molar-refractivity contribution in [2.75, 3.05) is 19.7 Å². The minimum Gasteiger partial charge on any atom is -0.356 e. The van der Waals surface area contributed by atoms with Crippen LogP contribution in [0.5, 0.6) is 0 Å². The Balaban J connectivity index is 1.62. The Morgan fingerprint density at radius 3 is 2.57 bits per heavy atom. The molecule has 206 valence electrons. The number of hydrogen-bond acceptors (Lipinski definition) is 5. The van der Waals surface area contributed by atoms with Gasteiger partial charge in [-0.2, -0.15) is 8.42 Å². The minimum atomic E-state index is -3.80. The van der Waals surface area contributed by atoms with Crippen LogP contribution >= 0.6 is 0 Å². The van der Waals surface area contributed by atoms with E-state index in [0.717, 1.165) is 11.3 Å². The Bertz CT molecular complexity index is 1240. The lowest BCUT2D eigenvalue weighted by Crippen LogP contribution is -3.16. The van der Waals surface area contributed by atoms with Crippen LogP contribution in [0.15, 0.2) is 23.1 Å². The number of rotatable bonds is 6. The van der Waals surface area contributed by atoms with Gasteiger partial charge in [0.1, 0.15) is 23.8 Å². The van der Waals surface area contributed by atoms with Gasteiger partial charge in [-0.15, -0.1) is 0 Å². The number of quaternary nitrogens is 1. The zero-order valence-corrected chi connectivity index (χ0v) is 23.1. The van der Waals surface area contributed by atoms with E-state index in [-0.39, 0.29) is 65.0 Å². The lowest BCUT2D eigenvalue weighted by molar-refractivity contribution is -0.782. The fourth-order valence-corrected chi connectivity index (χ4v) is 6.78. The first-order valence-corrected chi connectivity index (χ1v) is 14.6. The number of nitrogens with zero attached hydrogens (tertiary/aromatic N) is 2. The molecule has 2 atom stereocenters. The second kappa shape index (κ2) is 10.2. The molecule has 2 aliphatic rings. The standard InChI is InChI=1S/C26H38F2N4O4S/c1-17(2)29-23(33)22-16-31(12-13-36-22)37(34,35)19-6-7-21-20(14-19)30-24(25(3,4)5)32(21)15-18-8-10-26(27,28)11-9-18/h6-7,14,17-18,22H,8-13,15-16H2,1-5H3,(H,29,33)/p+1/t22-/m0/s1. The van der Waals surface area contributed by atoms with Gasteiger partial charge in [-0.05, 0) is 50.8 Å². The first-order chi connectivity index (χ1) is 17.2. The quantitative estimate of drug-likeness (QED) is 0.587. The van der Waals surface area contributed by atoms with E-state index in [4.69, 9.17) is 9.72 Å². The molecular weight excluding hydrogens is 502 g/mol. The van der Waals surface area contributed by atoms with Gasteiger partial charge in [0.05, 0.1) is 17.6 Å². The highest BCUT2D eigenvalue weighted by atomic mass is 32.2. The van der Waals surface area contributed by atoms with Gasteiger partial charge < -0.3 is 14.6 Å². The fraction of sp³-hybridized carbons (Fsp3) is 0.692. The van der Waals surface area contributed by atoms with E-state index in [1.807, 2.05) is 34.6 Å². The Kier molecular flexibility index (Phi) is 7.71. The number of halogens is 2. The van der Waals surface area contributed by atoms with Gasteiger partial charge in [0.15, 0.2) is 6.10 Å². The molecule has 2 aromatic rings. The minimum absolute atomic E-state index is 0.0208. The number of carbonyl (C=O) groups excluding carboxylic acids is 1. The van der Waals surface area contributed by atoms with Gasteiger partial charge in [-0.1, -0.05) is 20.8 Å². The van der Waals surface area contributed by atoms with Crippen molar-refractivity contribution in [3.63, 3.8) is 0 Å². The van der Waals surface area contributed by atoms with Gasteiger partial charge in [-0.3, -0.25) is 4.79 Å². The number of fused-ring (bicyclic) bond motifs is 1. The molecule has 1 aromatic carbocycles. The van der Waals surface area contributed by atoms with Crippen molar-refractivity contribution in [2.45, 2.75) is 95.2 Å². The molecule has 1 aromatic heterocycles. The Morgan fingerprint density at radius 1 is 1.27 bits per heavy atom. The highest BCUT2D eigenvalue weighted by Crippen LogP contribution is 2.38. The van der Waals surface area contributed by atoms with Crippen LogP contribution in [-0.2, 0) is 31.5 Å². The van der Waals surface area contributed by atoms with Crippen LogP contribution in [0.25, 0.3) is 11.0 Å². The molecule has 1 unspecified atom stereocenters. The molecule has 0 spiro atoms. The van der Waals surface area contributed by atoms with Crippen LogP contribution in [-0.4, -0.2) is 61.6 Å². The molecule has 1 saturated carbocycles. The molecule has 4 rings (SSSR count). The molecule has 1 saturated heterocycles. The van der Waals surface area contributed by atoms with Crippen LogP contribution in [0.2, 0.25) is 0 Å². The van der Waals surface area contributed by atoms with E-state index in [2.05, 4.69) is 9.88 Å². The average Bonchev–Trinajstić information content (AvgIpc) is 3.18. The molecule has 8 nitrogen and oxygen atoms in total. The molecular formula is C26H39F2N4O4S+. The molecule has 11 heteroatoms.